The third-order valence-corrected chi connectivity index (χ3v) is 7.16. The smallest absolute Gasteiger partial charge is 0.337 e. The Morgan fingerprint density at radius 3 is 2.25 bits per heavy atom. The zero-order valence-corrected chi connectivity index (χ0v) is 25.2. The first-order valence-electron chi connectivity index (χ1n) is 13.1. The molecular weight excluding hydrogens is 607 g/mol. The minimum atomic E-state index is -3.36. The van der Waals surface area contributed by atoms with Crippen LogP contribution >= 0.6 is 7.60 Å². The lowest BCUT2D eigenvalue weighted by Crippen LogP contribution is -2.28. The van der Waals surface area contributed by atoms with E-state index >= 15 is 0 Å². The Kier molecular flexibility index (Phi) is 15.9. The van der Waals surface area contributed by atoms with Crippen LogP contribution in [-0.2, 0) is 28.0 Å². The Balaban J connectivity index is 0.000000733. The first-order valence-corrected chi connectivity index (χ1v) is 14.8. The van der Waals surface area contributed by atoms with Crippen LogP contribution in [0.15, 0.2) is 36.4 Å². The second kappa shape index (κ2) is 18.7. The molecule has 0 aliphatic carbocycles. The van der Waals surface area contributed by atoms with Crippen molar-refractivity contribution in [3.63, 3.8) is 0 Å². The van der Waals surface area contributed by atoms with E-state index in [0.717, 1.165) is 6.07 Å². The molecule has 44 heavy (non-hydrogen) atoms. The van der Waals surface area contributed by atoms with E-state index in [4.69, 9.17) is 29.7 Å². The van der Waals surface area contributed by atoms with Gasteiger partial charge in [0.15, 0.2) is 0 Å². The molecule has 0 aliphatic heterocycles. The number of carbonyl (C=O) groups is 4. The summed E-state index contributed by atoms with van der Waals surface area (Å²) in [4.78, 5) is 60.7. The molecule has 242 valence electrons. The zero-order chi connectivity index (χ0) is 33.3. The molecule has 0 aromatic heterocycles. The number of phenols is 1. The van der Waals surface area contributed by atoms with Crippen molar-refractivity contribution in [3.05, 3.63) is 57.6 Å². The van der Waals surface area contributed by atoms with Crippen LogP contribution in [0.2, 0.25) is 0 Å². The van der Waals surface area contributed by atoms with Crippen LogP contribution in [-0.4, -0.2) is 71.6 Å². The number of nitrogens with one attached hydrogen (secondary N) is 2. The normalized spacial score (nSPS) is 10.5. The van der Waals surface area contributed by atoms with Crippen molar-refractivity contribution in [1.29, 1.82) is 0 Å². The molecule has 0 heterocycles. The monoisotopic (exact) mass is 642 g/mol. The first-order chi connectivity index (χ1) is 20.7. The summed E-state index contributed by atoms with van der Waals surface area (Å²) in [6, 6.07) is 7.82. The Labute approximate surface area is 252 Å². The molecule has 18 heteroatoms. The number of carbonyl (C=O) groups excluding carboxylic acids is 3. The van der Waals surface area contributed by atoms with E-state index in [1.807, 2.05) is 0 Å². The van der Waals surface area contributed by atoms with E-state index < -0.39 is 36.4 Å². The van der Waals surface area contributed by atoms with Gasteiger partial charge in [0.25, 0.3) is 11.0 Å². The highest BCUT2D eigenvalue weighted by atomic mass is 31.2. The highest BCUT2D eigenvalue weighted by Gasteiger charge is 2.24. The zero-order valence-electron chi connectivity index (χ0n) is 24.3. The molecule has 2 aromatic rings. The number of hydrogen-bond donors (Lipinski definition) is 5. The van der Waals surface area contributed by atoms with Crippen LogP contribution in [0.1, 0.15) is 54.3 Å². The van der Waals surface area contributed by atoms with E-state index in [2.05, 4.69) is 15.5 Å². The number of carboxylic acids is 1. The molecule has 0 saturated heterocycles. The maximum atomic E-state index is 12.7. The van der Waals surface area contributed by atoms with Gasteiger partial charge in [-0.25, -0.2) is 4.79 Å². The van der Waals surface area contributed by atoms with Gasteiger partial charge in [0.1, 0.15) is 11.5 Å². The molecule has 2 aromatic carbocycles. The number of phenolic OH excluding ortho intramolecular Hbond substituents is 1. The van der Waals surface area contributed by atoms with Crippen LogP contribution in [0.25, 0.3) is 0 Å². The Morgan fingerprint density at radius 1 is 1.05 bits per heavy atom. The summed E-state index contributed by atoms with van der Waals surface area (Å²) < 4.78 is 28.0. The third-order valence-electron chi connectivity index (χ3n) is 5.09. The fourth-order valence-corrected chi connectivity index (χ4v) is 4.81. The standard InChI is InChI=1S/C19H28N3O10P.C7H7NO3/c1-4-30-33(28,31-5-2)12-10-20-19(25)16-13-15(8-9-17(16)21-14(3)23)32-18(24)7-6-11-29-22(26)27;8-6-2-1-4(9)3-5(6)7(10)11/h8-9,13H,4-7,10-12H2,1-3H3,(H,20,25)(H,21,23);1-3,9H,8H2,(H,10,11). The molecule has 2 amide bonds. The van der Waals surface area contributed by atoms with Crippen molar-refractivity contribution < 1.29 is 57.7 Å². The molecule has 0 bridgehead atoms. The summed E-state index contributed by atoms with van der Waals surface area (Å²) in [6.45, 7) is 4.69. The first kappa shape index (κ1) is 37.3. The second-order valence-electron chi connectivity index (χ2n) is 8.53. The van der Waals surface area contributed by atoms with E-state index in [-0.39, 0.29) is 79.4 Å². The Bertz CT molecular complexity index is 1360. The highest BCUT2D eigenvalue weighted by Crippen LogP contribution is 2.47. The second-order valence-corrected chi connectivity index (χ2v) is 10.7. The third kappa shape index (κ3) is 14.0. The lowest BCUT2D eigenvalue weighted by molar-refractivity contribution is -0.757. The van der Waals surface area contributed by atoms with Gasteiger partial charge in [-0.05, 0) is 56.7 Å². The average Bonchev–Trinajstić information content (AvgIpc) is 2.93. The number of amides is 2. The number of ether oxygens (including phenoxy) is 1. The SMILES string of the molecule is CCOP(=O)(CCNC(=O)c1cc(OC(=O)CCCO[N+](=O)[O-])ccc1NC(C)=O)OCC.Nc1ccc(O)cc1C(=O)O. The molecule has 0 aliphatic rings. The number of nitrogen functional groups attached to an aromatic ring is 1. The molecule has 0 atom stereocenters. The maximum Gasteiger partial charge on any atom is 0.337 e. The average molecular weight is 643 g/mol. The summed E-state index contributed by atoms with van der Waals surface area (Å²) >= 11 is 0. The van der Waals surface area contributed by atoms with Gasteiger partial charge in [0, 0.05) is 25.6 Å². The van der Waals surface area contributed by atoms with Crippen LogP contribution in [0.3, 0.4) is 0 Å². The number of esters is 1. The van der Waals surface area contributed by atoms with Gasteiger partial charge in [-0.15, -0.1) is 10.1 Å². The minimum absolute atomic E-state index is 0.00911. The van der Waals surface area contributed by atoms with Crippen LogP contribution in [0, 0.1) is 10.1 Å². The summed E-state index contributed by atoms with van der Waals surface area (Å²) in [5, 5.41) is 31.6. The van der Waals surface area contributed by atoms with Gasteiger partial charge in [-0.2, -0.15) is 0 Å². The Hall–Kier alpha value is -4.73. The van der Waals surface area contributed by atoms with Gasteiger partial charge >= 0.3 is 19.5 Å². The number of carboxylic acid groups (broad SMARTS) is 1. The van der Waals surface area contributed by atoms with Gasteiger partial charge in [0.2, 0.25) is 5.91 Å². The van der Waals surface area contributed by atoms with Crippen molar-refractivity contribution in [2.45, 2.75) is 33.6 Å². The quantitative estimate of drug-likeness (QED) is 0.0258. The number of nitrogens with zero attached hydrogens (tertiary/aromatic N) is 1. The predicted molar refractivity (Wildman–Crippen MR) is 156 cm³/mol. The summed E-state index contributed by atoms with van der Waals surface area (Å²) in [6.07, 6.45) is -0.138. The summed E-state index contributed by atoms with van der Waals surface area (Å²) in [5.41, 5.74) is 5.56. The molecule has 0 unspecified atom stereocenters. The van der Waals surface area contributed by atoms with Crippen molar-refractivity contribution in [2.24, 2.45) is 0 Å². The van der Waals surface area contributed by atoms with Gasteiger partial charge in [-0.3, -0.25) is 18.9 Å². The van der Waals surface area contributed by atoms with E-state index in [0.29, 0.717) is 0 Å². The van der Waals surface area contributed by atoms with E-state index in [1.165, 1.54) is 37.3 Å². The lowest BCUT2D eigenvalue weighted by atomic mass is 10.1. The molecule has 0 radical (unpaired) electrons. The summed E-state index contributed by atoms with van der Waals surface area (Å²) in [5.74, 6) is -2.93. The van der Waals surface area contributed by atoms with Crippen molar-refractivity contribution in [2.75, 3.05) is 43.6 Å². The summed E-state index contributed by atoms with van der Waals surface area (Å²) in [7, 11) is -3.36. The fourth-order valence-electron chi connectivity index (χ4n) is 3.30. The number of hydrogen-bond acceptors (Lipinski definition) is 13. The number of aromatic carboxylic acids is 1. The molecule has 2 rings (SSSR count). The van der Waals surface area contributed by atoms with E-state index in [9.17, 15) is 33.9 Å². The van der Waals surface area contributed by atoms with Crippen LogP contribution < -0.4 is 21.1 Å². The topological polar surface area (TPSA) is 256 Å². The molecular formula is C26H35N4O13P. The number of anilines is 2. The van der Waals surface area contributed by atoms with Gasteiger partial charge < -0.3 is 45.2 Å². The lowest BCUT2D eigenvalue weighted by Gasteiger charge is -2.17. The van der Waals surface area contributed by atoms with Crippen LogP contribution in [0.5, 0.6) is 11.5 Å². The van der Waals surface area contributed by atoms with E-state index in [1.54, 1.807) is 13.8 Å². The predicted octanol–water partition coefficient (Wildman–Crippen LogP) is 3.21. The molecule has 0 saturated carbocycles. The number of rotatable bonds is 16. The van der Waals surface area contributed by atoms with Crippen molar-refractivity contribution in [3.8, 4) is 11.5 Å². The minimum Gasteiger partial charge on any atom is -0.508 e. The van der Waals surface area contributed by atoms with Gasteiger partial charge in [-0.1, -0.05) is 0 Å². The maximum absolute atomic E-state index is 12.7. The van der Waals surface area contributed by atoms with Gasteiger partial charge in [0.05, 0.1) is 42.8 Å². The van der Waals surface area contributed by atoms with Crippen LogP contribution in [0.4, 0.5) is 11.4 Å². The van der Waals surface area contributed by atoms with Crippen molar-refractivity contribution in [1.82, 2.24) is 5.32 Å². The number of benzene rings is 2. The Morgan fingerprint density at radius 2 is 1.70 bits per heavy atom. The number of aromatic hydroxyl groups is 1. The van der Waals surface area contributed by atoms with Crippen molar-refractivity contribution >= 4 is 42.7 Å². The highest BCUT2D eigenvalue weighted by molar-refractivity contribution is 7.53. The molecule has 0 fully saturated rings. The largest absolute Gasteiger partial charge is 0.508 e. The molecule has 17 nitrogen and oxygen atoms in total. The molecule has 6 N–H and O–H groups in total. The molecule has 0 spiro atoms. The fraction of sp³-hybridized carbons (Fsp3) is 0.385. The number of nitrogens with two attached hydrogens (primary N) is 1.